The van der Waals surface area contributed by atoms with Gasteiger partial charge in [-0.05, 0) is 19.8 Å². The molecule has 1 saturated heterocycles. The molecular weight excluding hydrogens is 274 g/mol. The van der Waals surface area contributed by atoms with Crippen molar-refractivity contribution in [1.82, 2.24) is 15.2 Å². The molecule has 5 nitrogen and oxygen atoms in total. The number of amides is 2. The second-order valence-electron chi connectivity index (χ2n) is 5.18. The molecule has 1 aromatic heterocycles. The Balaban J connectivity index is 1.71. The van der Waals surface area contributed by atoms with Crippen molar-refractivity contribution in [3.8, 4) is 0 Å². The number of nitrogens with one attached hydrogen (secondary N) is 1. The lowest BCUT2D eigenvalue weighted by molar-refractivity contribution is -0.133. The van der Waals surface area contributed by atoms with Gasteiger partial charge in [0.25, 0.3) is 0 Å². The van der Waals surface area contributed by atoms with Gasteiger partial charge in [-0.2, -0.15) is 0 Å². The molecule has 1 aliphatic heterocycles. The summed E-state index contributed by atoms with van der Waals surface area (Å²) in [5.74, 6) is 0.271. The largest absolute Gasteiger partial charge is 0.355 e. The molecule has 20 heavy (non-hydrogen) atoms. The van der Waals surface area contributed by atoms with E-state index < -0.39 is 0 Å². The lowest BCUT2D eigenvalue weighted by Gasteiger charge is -2.30. The predicted octanol–water partition coefficient (Wildman–Crippen LogP) is 1.37. The van der Waals surface area contributed by atoms with Crippen molar-refractivity contribution in [2.24, 2.45) is 5.92 Å². The maximum absolute atomic E-state index is 12.1. The molecule has 1 aliphatic rings. The standard InChI is InChI=1S/C14H21N3O2S/c1-10-13(20-9-16-10)3-6-15-14(19)12-4-7-17(8-5-12)11(2)18/h9,12H,3-8H2,1-2H3,(H,15,19). The van der Waals surface area contributed by atoms with E-state index >= 15 is 0 Å². The molecule has 0 aliphatic carbocycles. The van der Waals surface area contributed by atoms with Gasteiger partial charge < -0.3 is 10.2 Å². The SMILES string of the molecule is CC(=O)N1CCC(C(=O)NCCc2scnc2C)CC1. The summed E-state index contributed by atoms with van der Waals surface area (Å²) in [6.45, 7) is 5.63. The minimum absolute atomic E-state index is 0.0492. The molecule has 0 radical (unpaired) electrons. The predicted molar refractivity (Wildman–Crippen MR) is 78.5 cm³/mol. The van der Waals surface area contributed by atoms with Crippen LogP contribution >= 0.6 is 11.3 Å². The molecule has 1 N–H and O–H groups in total. The zero-order chi connectivity index (χ0) is 14.5. The molecule has 1 fully saturated rings. The highest BCUT2D eigenvalue weighted by Crippen LogP contribution is 2.17. The first-order valence-electron chi connectivity index (χ1n) is 7.00. The molecule has 2 rings (SSSR count). The van der Waals surface area contributed by atoms with Gasteiger partial charge in [-0.15, -0.1) is 11.3 Å². The summed E-state index contributed by atoms with van der Waals surface area (Å²) in [6.07, 6.45) is 2.38. The van der Waals surface area contributed by atoms with Crippen LogP contribution in [-0.4, -0.2) is 41.3 Å². The van der Waals surface area contributed by atoms with Crippen LogP contribution in [0.3, 0.4) is 0 Å². The maximum atomic E-state index is 12.1. The number of carbonyl (C=O) groups excluding carboxylic acids is 2. The van der Waals surface area contributed by atoms with E-state index in [1.165, 1.54) is 4.88 Å². The smallest absolute Gasteiger partial charge is 0.223 e. The van der Waals surface area contributed by atoms with E-state index in [2.05, 4.69) is 10.3 Å². The number of hydrogen-bond donors (Lipinski definition) is 1. The van der Waals surface area contributed by atoms with E-state index in [-0.39, 0.29) is 17.7 Å². The molecule has 110 valence electrons. The van der Waals surface area contributed by atoms with Crippen LogP contribution in [0.5, 0.6) is 0 Å². The summed E-state index contributed by atoms with van der Waals surface area (Å²) in [5, 5.41) is 3.00. The average molecular weight is 295 g/mol. The summed E-state index contributed by atoms with van der Waals surface area (Å²) in [6, 6.07) is 0. The van der Waals surface area contributed by atoms with Crippen molar-refractivity contribution >= 4 is 23.2 Å². The first-order chi connectivity index (χ1) is 9.58. The van der Waals surface area contributed by atoms with Crippen molar-refractivity contribution in [1.29, 1.82) is 0 Å². The summed E-state index contributed by atoms with van der Waals surface area (Å²) in [4.78, 5) is 30.5. The Bertz CT molecular complexity index is 479. The fraction of sp³-hybridized carbons (Fsp3) is 0.643. The molecule has 0 spiro atoms. The normalized spacial score (nSPS) is 16.2. The Morgan fingerprint density at radius 1 is 1.45 bits per heavy atom. The zero-order valence-electron chi connectivity index (χ0n) is 12.0. The van der Waals surface area contributed by atoms with E-state index in [0.29, 0.717) is 19.6 Å². The van der Waals surface area contributed by atoms with Gasteiger partial charge in [-0.25, -0.2) is 4.98 Å². The van der Waals surface area contributed by atoms with Gasteiger partial charge in [0.05, 0.1) is 11.2 Å². The highest BCUT2D eigenvalue weighted by molar-refractivity contribution is 7.09. The monoisotopic (exact) mass is 295 g/mol. The molecule has 1 aromatic rings. The molecule has 0 unspecified atom stereocenters. The third kappa shape index (κ3) is 3.79. The quantitative estimate of drug-likeness (QED) is 0.912. The molecule has 0 aromatic carbocycles. The van der Waals surface area contributed by atoms with Gasteiger partial charge in [0, 0.05) is 43.8 Å². The van der Waals surface area contributed by atoms with Gasteiger partial charge >= 0.3 is 0 Å². The van der Waals surface area contributed by atoms with Crippen molar-refractivity contribution in [3.63, 3.8) is 0 Å². The van der Waals surface area contributed by atoms with Crippen molar-refractivity contribution in [3.05, 3.63) is 16.1 Å². The first kappa shape index (κ1) is 15.0. The van der Waals surface area contributed by atoms with E-state index in [0.717, 1.165) is 25.0 Å². The third-order valence-electron chi connectivity index (χ3n) is 3.81. The summed E-state index contributed by atoms with van der Waals surface area (Å²) < 4.78 is 0. The first-order valence-corrected chi connectivity index (χ1v) is 7.88. The Labute approximate surface area is 123 Å². The number of nitrogens with zero attached hydrogens (tertiary/aromatic N) is 2. The van der Waals surface area contributed by atoms with Gasteiger partial charge in [0.15, 0.2) is 0 Å². The lowest BCUT2D eigenvalue weighted by Crippen LogP contribution is -2.42. The number of piperidine rings is 1. The van der Waals surface area contributed by atoms with Crippen molar-refractivity contribution in [2.45, 2.75) is 33.1 Å². The fourth-order valence-electron chi connectivity index (χ4n) is 2.47. The number of hydrogen-bond acceptors (Lipinski definition) is 4. The third-order valence-corrected chi connectivity index (χ3v) is 4.80. The highest BCUT2D eigenvalue weighted by Gasteiger charge is 2.25. The lowest BCUT2D eigenvalue weighted by atomic mass is 9.96. The van der Waals surface area contributed by atoms with E-state index in [9.17, 15) is 9.59 Å². The van der Waals surface area contributed by atoms with Crippen LogP contribution < -0.4 is 5.32 Å². The summed E-state index contributed by atoms with van der Waals surface area (Å²) >= 11 is 1.63. The van der Waals surface area contributed by atoms with Crippen LogP contribution in [0.4, 0.5) is 0 Å². The number of aromatic nitrogens is 1. The van der Waals surface area contributed by atoms with Crippen molar-refractivity contribution < 1.29 is 9.59 Å². The Morgan fingerprint density at radius 3 is 2.70 bits per heavy atom. The van der Waals surface area contributed by atoms with Gasteiger partial charge in [0.2, 0.25) is 11.8 Å². The molecular formula is C14H21N3O2S. The van der Waals surface area contributed by atoms with Crippen LogP contribution in [0.1, 0.15) is 30.3 Å². The van der Waals surface area contributed by atoms with Crippen molar-refractivity contribution in [2.75, 3.05) is 19.6 Å². The van der Waals surface area contributed by atoms with Gasteiger partial charge in [-0.3, -0.25) is 9.59 Å². The Hall–Kier alpha value is -1.43. The number of likely N-dealkylation sites (tertiary alicyclic amines) is 1. The number of thiazole rings is 1. The number of rotatable bonds is 4. The number of aryl methyl sites for hydroxylation is 1. The van der Waals surface area contributed by atoms with E-state index in [1.54, 1.807) is 18.3 Å². The molecule has 2 heterocycles. The molecule has 2 amide bonds. The van der Waals surface area contributed by atoms with E-state index in [1.807, 2.05) is 17.3 Å². The van der Waals surface area contributed by atoms with Crippen LogP contribution in [-0.2, 0) is 16.0 Å². The molecule has 0 saturated carbocycles. The number of carbonyl (C=O) groups is 2. The second-order valence-corrected chi connectivity index (χ2v) is 6.12. The summed E-state index contributed by atoms with van der Waals surface area (Å²) in [7, 11) is 0. The molecule has 0 bridgehead atoms. The summed E-state index contributed by atoms with van der Waals surface area (Å²) in [5.41, 5.74) is 2.89. The molecule has 6 heteroatoms. The van der Waals surface area contributed by atoms with Crippen LogP contribution in [0.25, 0.3) is 0 Å². The van der Waals surface area contributed by atoms with Crippen LogP contribution in [0, 0.1) is 12.8 Å². The second kappa shape index (κ2) is 6.83. The topological polar surface area (TPSA) is 62.3 Å². The minimum atomic E-state index is 0.0492. The van der Waals surface area contributed by atoms with E-state index in [4.69, 9.17) is 0 Å². The maximum Gasteiger partial charge on any atom is 0.223 e. The average Bonchev–Trinajstić information content (AvgIpc) is 2.84. The minimum Gasteiger partial charge on any atom is -0.355 e. The zero-order valence-corrected chi connectivity index (χ0v) is 12.8. The van der Waals surface area contributed by atoms with Crippen LogP contribution in [0.2, 0.25) is 0 Å². The Kier molecular flexibility index (Phi) is 5.11. The highest BCUT2D eigenvalue weighted by atomic mass is 32.1. The fourth-order valence-corrected chi connectivity index (χ4v) is 3.25. The Morgan fingerprint density at radius 2 is 2.15 bits per heavy atom. The molecule has 0 atom stereocenters. The van der Waals surface area contributed by atoms with Gasteiger partial charge in [0.1, 0.15) is 0 Å². The van der Waals surface area contributed by atoms with Gasteiger partial charge in [-0.1, -0.05) is 0 Å². The van der Waals surface area contributed by atoms with Crippen LogP contribution in [0.15, 0.2) is 5.51 Å².